The molecule has 3 fully saturated rings. The van der Waals surface area contributed by atoms with E-state index in [1.54, 1.807) is 0 Å². The molecule has 4 aliphatic rings. The molecule has 1 aliphatic carbocycles. The Morgan fingerprint density at radius 2 is 1.54 bits per heavy atom. The normalized spacial score (nSPS) is 24.7. The van der Waals surface area contributed by atoms with Crippen molar-refractivity contribution in [1.82, 2.24) is 4.90 Å². The first kappa shape index (κ1) is 14.9. The van der Waals surface area contributed by atoms with Crippen LogP contribution in [0, 0.1) is 3.57 Å². The summed E-state index contributed by atoms with van der Waals surface area (Å²) in [6.45, 7) is 4.65. The summed E-state index contributed by atoms with van der Waals surface area (Å²) in [6.07, 6.45) is 2.48. The second-order valence-electron chi connectivity index (χ2n) is 7.02. The highest BCUT2D eigenvalue weighted by atomic mass is 127. The third-order valence-electron chi connectivity index (χ3n) is 5.75. The Morgan fingerprint density at radius 3 is 2.33 bits per heavy atom. The van der Waals surface area contributed by atoms with Crippen molar-refractivity contribution in [1.29, 1.82) is 0 Å². The second-order valence-corrected chi connectivity index (χ2v) is 8.26. The Bertz CT molecular complexity index is 840. The highest BCUT2D eigenvalue weighted by Gasteiger charge is 2.31. The Balaban J connectivity index is 1.56. The summed E-state index contributed by atoms with van der Waals surface area (Å²) >= 11 is 2.28. The third kappa shape index (κ3) is 2.23. The SMILES string of the molecule is O=C1c2cc(I)ccc2-c2ccc(N3CCN4CCC3CC4)cc21. The average Bonchev–Trinajstić information content (AvgIpc) is 2.80. The summed E-state index contributed by atoms with van der Waals surface area (Å²) in [4.78, 5) is 18.0. The molecule has 0 radical (unpaired) electrons. The van der Waals surface area contributed by atoms with Crippen molar-refractivity contribution in [3.8, 4) is 11.1 Å². The van der Waals surface area contributed by atoms with Gasteiger partial charge in [-0.2, -0.15) is 0 Å². The van der Waals surface area contributed by atoms with Crippen LogP contribution in [0.15, 0.2) is 36.4 Å². The summed E-state index contributed by atoms with van der Waals surface area (Å²) in [6, 6.07) is 13.3. The molecule has 3 saturated heterocycles. The molecule has 3 heterocycles. The average molecular weight is 430 g/mol. The summed E-state index contributed by atoms with van der Waals surface area (Å²) in [5, 5.41) is 0. The van der Waals surface area contributed by atoms with Gasteiger partial charge in [0.15, 0.2) is 5.78 Å². The smallest absolute Gasteiger partial charge is 0.194 e. The Morgan fingerprint density at radius 1 is 0.833 bits per heavy atom. The number of anilines is 1. The van der Waals surface area contributed by atoms with Crippen LogP contribution >= 0.6 is 22.6 Å². The molecular weight excluding hydrogens is 411 g/mol. The molecule has 3 nitrogen and oxygen atoms in total. The van der Waals surface area contributed by atoms with Gasteiger partial charge in [0.1, 0.15) is 0 Å². The van der Waals surface area contributed by atoms with Gasteiger partial charge >= 0.3 is 0 Å². The van der Waals surface area contributed by atoms with E-state index in [0.717, 1.165) is 38.9 Å². The first-order valence-electron chi connectivity index (χ1n) is 8.68. The van der Waals surface area contributed by atoms with Gasteiger partial charge in [-0.25, -0.2) is 0 Å². The summed E-state index contributed by atoms with van der Waals surface area (Å²) in [5.41, 5.74) is 5.14. The molecule has 2 aromatic carbocycles. The zero-order valence-electron chi connectivity index (χ0n) is 13.5. The van der Waals surface area contributed by atoms with Crippen molar-refractivity contribution in [3.05, 3.63) is 51.1 Å². The van der Waals surface area contributed by atoms with Crippen LogP contribution in [-0.2, 0) is 0 Å². The van der Waals surface area contributed by atoms with Gasteiger partial charge in [0, 0.05) is 52.6 Å². The van der Waals surface area contributed by atoms with Gasteiger partial charge in [0.25, 0.3) is 0 Å². The summed E-state index contributed by atoms with van der Waals surface area (Å²) in [7, 11) is 0. The molecule has 0 atom stereocenters. The molecule has 0 saturated carbocycles. The third-order valence-corrected chi connectivity index (χ3v) is 6.42. The predicted octanol–water partition coefficient (Wildman–Crippen LogP) is 3.79. The first-order chi connectivity index (χ1) is 11.7. The lowest BCUT2D eigenvalue weighted by molar-refractivity contribution is 0.104. The van der Waals surface area contributed by atoms with Crippen LogP contribution in [0.2, 0.25) is 0 Å². The number of carbonyl (C=O) groups excluding carboxylic acids is 1. The number of hydrogen-bond acceptors (Lipinski definition) is 3. The van der Waals surface area contributed by atoms with E-state index in [9.17, 15) is 4.79 Å². The van der Waals surface area contributed by atoms with E-state index in [-0.39, 0.29) is 5.78 Å². The lowest BCUT2D eigenvalue weighted by Gasteiger charge is -2.33. The van der Waals surface area contributed by atoms with Gasteiger partial charge in [-0.05, 0) is 70.8 Å². The quantitative estimate of drug-likeness (QED) is 0.549. The van der Waals surface area contributed by atoms with Gasteiger partial charge in [-0.15, -0.1) is 0 Å². The molecule has 122 valence electrons. The number of halogens is 1. The zero-order valence-corrected chi connectivity index (χ0v) is 15.6. The minimum atomic E-state index is 0.184. The van der Waals surface area contributed by atoms with Gasteiger partial charge in [-0.3, -0.25) is 4.79 Å². The van der Waals surface area contributed by atoms with Crippen LogP contribution in [0.1, 0.15) is 28.8 Å². The molecule has 4 heteroatoms. The Kier molecular flexibility index (Phi) is 3.45. The van der Waals surface area contributed by atoms with E-state index >= 15 is 0 Å². The summed E-state index contributed by atoms with van der Waals surface area (Å²) < 4.78 is 1.12. The topological polar surface area (TPSA) is 23.6 Å². The maximum absolute atomic E-state index is 12.9. The molecule has 2 aromatic rings. The second kappa shape index (κ2) is 5.56. The highest BCUT2D eigenvalue weighted by molar-refractivity contribution is 14.1. The number of benzene rings is 2. The van der Waals surface area contributed by atoms with Crippen molar-refractivity contribution in [2.24, 2.45) is 0 Å². The van der Waals surface area contributed by atoms with Crippen molar-refractivity contribution in [2.75, 3.05) is 31.1 Å². The van der Waals surface area contributed by atoms with E-state index in [2.05, 4.69) is 62.7 Å². The molecular formula is C20H19IN2O. The van der Waals surface area contributed by atoms with Crippen LogP contribution in [-0.4, -0.2) is 42.9 Å². The fourth-order valence-corrected chi connectivity index (χ4v) is 4.94. The monoisotopic (exact) mass is 430 g/mol. The standard InChI is InChI=1S/C20H19IN2O/c21-13-1-3-16-17-4-2-15(12-19(17)20(24)18(16)11-13)23-10-9-22-7-5-14(23)6-8-22/h1-4,11-12,14H,5-10H2. The van der Waals surface area contributed by atoms with E-state index in [0.29, 0.717) is 6.04 Å². The predicted molar refractivity (Wildman–Crippen MR) is 105 cm³/mol. The van der Waals surface area contributed by atoms with Gasteiger partial charge in [0.2, 0.25) is 0 Å². The molecule has 6 rings (SSSR count). The largest absolute Gasteiger partial charge is 0.367 e. The fraction of sp³-hybridized carbons (Fsp3) is 0.350. The van der Waals surface area contributed by atoms with Crippen molar-refractivity contribution in [3.63, 3.8) is 0 Å². The lowest BCUT2D eigenvalue weighted by atomic mass is 10.0. The molecule has 0 unspecified atom stereocenters. The van der Waals surface area contributed by atoms with Crippen LogP contribution < -0.4 is 4.90 Å². The van der Waals surface area contributed by atoms with Gasteiger partial charge < -0.3 is 9.80 Å². The number of fused-ring (bicyclic) bond motifs is 7. The molecule has 0 amide bonds. The lowest BCUT2D eigenvalue weighted by Crippen LogP contribution is -2.37. The number of carbonyl (C=O) groups is 1. The molecule has 0 aromatic heterocycles. The first-order valence-corrected chi connectivity index (χ1v) is 9.76. The van der Waals surface area contributed by atoms with Crippen LogP contribution in [0.25, 0.3) is 11.1 Å². The van der Waals surface area contributed by atoms with E-state index in [1.807, 2.05) is 6.07 Å². The maximum Gasteiger partial charge on any atom is 0.194 e. The van der Waals surface area contributed by atoms with Gasteiger partial charge in [-0.1, -0.05) is 12.1 Å². The molecule has 0 spiro atoms. The maximum atomic E-state index is 12.9. The molecule has 24 heavy (non-hydrogen) atoms. The number of nitrogens with zero attached hydrogens (tertiary/aromatic N) is 2. The van der Waals surface area contributed by atoms with Crippen molar-refractivity contribution in [2.45, 2.75) is 18.9 Å². The number of ketones is 1. The van der Waals surface area contributed by atoms with Gasteiger partial charge in [0.05, 0.1) is 0 Å². The molecule has 2 bridgehead atoms. The molecule has 3 aliphatic heterocycles. The van der Waals surface area contributed by atoms with Crippen molar-refractivity contribution >= 4 is 34.1 Å². The number of rotatable bonds is 1. The minimum absolute atomic E-state index is 0.184. The minimum Gasteiger partial charge on any atom is -0.367 e. The highest BCUT2D eigenvalue weighted by Crippen LogP contribution is 2.40. The Hall–Kier alpha value is -1.40. The fourth-order valence-electron chi connectivity index (χ4n) is 4.44. The van der Waals surface area contributed by atoms with Crippen LogP contribution in [0.4, 0.5) is 5.69 Å². The number of hydrogen-bond donors (Lipinski definition) is 0. The van der Waals surface area contributed by atoms with Crippen molar-refractivity contribution < 1.29 is 4.79 Å². The molecule has 0 N–H and O–H groups in total. The van der Waals surface area contributed by atoms with Crippen LogP contribution in [0.5, 0.6) is 0 Å². The van der Waals surface area contributed by atoms with E-state index in [1.165, 1.54) is 31.6 Å². The van der Waals surface area contributed by atoms with E-state index < -0.39 is 0 Å². The van der Waals surface area contributed by atoms with Crippen LogP contribution in [0.3, 0.4) is 0 Å². The number of piperidine rings is 1. The summed E-state index contributed by atoms with van der Waals surface area (Å²) in [5.74, 6) is 0.184. The Labute approximate surface area is 155 Å². The zero-order chi connectivity index (χ0) is 16.3. The van der Waals surface area contributed by atoms with E-state index in [4.69, 9.17) is 0 Å².